The van der Waals surface area contributed by atoms with Gasteiger partial charge in [-0.1, -0.05) is 27.7 Å². The Bertz CT molecular complexity index is 264. The van der Waals surface area contributed by atoms with Crippen molar-refractivity contribution < 1.29 is 4.79 Å². The van der Waals surface area contributed by atoms with E-state index in [-0.39, 0.29) is 11.5 Å². The molecule has 0 heterocycles. The van der Waals surface area contributed by atoms with Crippen molar-refractivity contribution in [3.05, 3.63) is 0 Å². The highest BCUT2D eigenvalue weighted by atomic mass is 16.2. The average molecular weight is 239 g/mol. The fraction of sp³-hybridized carbons (Fsp3) is 0.933. The number of nitrogens with zero attached hydrogens (tertiary/aromatic N) is 1. The van der Waals surface area contributed by atoms with Crippen LogP contribution in [0, 0.1) is 17.8 Å². The largest absolute Gasteiger partial charge is 0.337 e. The van der Waals surface area contributed by atoms with E-state index < -0.39 is 0 Å². The van der Waals surface area contributed by atoms with Crippen molar-refractivity contribution >= 4 is 5.91 Å². The molecule has 0 radical (unpaired) electrons. The number of carbonyl (C=O) groups is 1. The molecule has 0 aliphatic heterocycles. The van der Waals surface area contributed by atoms with Crippen LogP contribution in [0.4, 0.5) is 0 Å². The summed E-state index contributed by atoms with van der Waals surface area (Å²) < 4.78 is 0. The van der Waals surface area contributed by atoms with Crippen molar-refractivity contribution in [2.24, 2.45) is 17.8 Å². The van der Waals surface area contributed by atoms with Crippen LogP contribution in [0.1, 0.15) is 60.8 Å². The molecule has 100 valence electrons. The number of hydrogen-bond donors (Lipinski definition) is 0. The molecule has 0 aromatic heterocycles. The summed E-state index contributed by atoms with van der Waals surface area (Å²) in [6.07, 6.45) is 3.69. The quantitative estimate of drug-likeness (QED) is 0.692. The normalized spacial score (nSPS) is 16.7. The molecule has 1 fully saturated rings. The van der Waals surface area contributed by atoms with Crippen LogP contribution in [-0.2, 0) is 4.79 Å². The van der Waals surface area contributed by atoms with E-state index >= 15 is 0 Å². The molecule has 0 N–H and O–H groups in total. The maximum Gasteiger partial charge on any atom is 0.225 e. The molecule has 1 saturated carbocycles. The molecule has 0 aromatic carbocycles. The second kappa shape index (κ2) is 5.41. The second-order valence-corrected chi connectivity index (χ2v) is 6.96. The van der Waals surface area contributed by atoms with Crippen molar-refractivity contribution in [3.63, 3.8) is 0 Å². The van der Waals surface area contributed by atoms with Crippen molar-refractivity contribution in [3.8, 4) is 0 Å². The maximum atomic E-state index is 12.4. The van der Waals surface area contributed by atoms with E-state index in [1.807, 2.05) is 13.8 Å². The van der Waals surface area contributed by atoms with Gasteiger partial charge >= 0.3 is 0 Å². The third-order valence-electron chi connectivity index (χ3n) is 3.54. The molecule has 0 atom stereocenters. The molecule has 2 nitrogen and oxygen atoms in total. The third kappa shape index (κ3) is 4.33. The average Bonchev–Trinajstić information content (AvgIpc) is 2.93. The molecular weight excluding hydrogens is 210 g/mol. The smallest absolute Gasteiger partial charge is 0.225 e. The van der Waals surface area contributed by atoms with E-state index in [0.717, 1.165) is 18.9 Å². The first-order chi connectivity index (χ1) is 7.74. The lowest BCUT2D eigenvalue weighted by Gasteiger charge is -2.41. The predicted octanol–water partition coefficient (Wildman–Crippen LogP) is 3.71. The lowest BCUT2D eigenvalue weighted by Crippen LogP contribution is -2.51. The van der Waals surface area contributed by atoms with Crippen molar-refractivity contribution in [1.29, 1.82) is 0 Å². The lowest BCUT2D eigenvalue weighted by atomic mass is 9.89. The first-order valence-electron chi connectivity index (χ1n) is 7.05. The molecule has 0 bridgehead atoms. The second-order valence-electron chi connectivity index (χ2n) is 6.96. The zero-order valence-electron chi connectivity index (χ0n) is 12.4. The first kappa shape index (κ1) is 14.5. The van der Waals surface area contributed by atoms with Gasteiger partial charge in [-0.15, -0.1) is 0 Å². The lowest BCUT2D eigenvalue weighted by molar-refractivity contribution is -0.140. The van der Waals surface area contributed by atoms with Gasteiger partial charge in [-0.05, 0) is 44.9 Å². The molecule has 0 saturated heterocycles. The SMILES string of the molecule is CC(C)CC(C)(C)N(CC1CC1)C(=O)C(C)C. The Morgan fingerprint density at radius 3 is 2.12 bits per heavy atom. The summed E-state index contributed by atoms with van der Waals surface area (Å²) in [7, 11) is 0. The summed E-state index contributed by atoms with van der Waals surface area (Å²) in [4.78, 5) is 14.5. The van der Waals surface area contributed by atoms with Crippen LogP contribution >= 0.6 is 0 Å². The van der Waals surface area contributed by atoms with Gasteiger partial charge < -0.3 is 4.90 Å². The van der Waals surface area contributed by atoms with Crippen LogP contribution < -0.4 is 0 Å². The van der Waals surface area contributed by atoms with Gasteiger partial charge in [0.15, 0.2) is 0 Å². The molecule has 0 aromatic rings. The van der Waals surface area contributed by atoms with Crippen molar-refractivity contribution in [1.82, 2.24) is 4.90 Å². The minimum atomic E-state index is -0.00188. The van der Waals surface area contributed by atoms with Gasteiger partial charge in [0.1, 0.15) is 0 Å². The highest BCUT2D eigenvalue weighted by molar-refractivity contribution is 5.79. The molecule has 1 aliphatic carbocycles. The van der Waals surface area contributed by atoms with E-state index in [1.165, 1.54) is 12.8 Å². The molecule has 1 aliphatic rings. The summed E-state index contributed by atoms with van der Waals surface area (Å²) in [5.41, 5.74) is -0.00188. The predicted molar refractivity (Wildman–Crippen MR) is 72.8 cm³/mol. The van der Waals surface area contributed by atoms with Crippen LogP contribution in [0.3, 0.4) is 0 Å². The Morgan fingerprint density at radius 1 is 1.24 bits per heavy atom. The van der Waals surface area contributed by atoms with Crippen molar-refractivity contribution in [2.45, 2.75) is 66.3 Å². The number of rotatable bonds is 6. The fourth-order valence-corrected chi connectivity index (χ4v) is 2.61. The number of carbonyl (C=O) groups excluding carboxylic acids is 1. The summed E-state index contributed by atoms with van der Waals surface area (Å²) >= 11 is 0. The Morgan fingerprint density at radius 2 is 1.76 bits per heavy atom. The summed E-state index contributed by atoms with van der Waals surface area (Å²) in [5.74, 6) is 1.83. The Balaban J connectivity index is 2.75. The van der Waals surface area contributed by atoms with Crippen molar-refractivity contribution in [2.75, 3.05) is 6.54 Å². The topological polar surface area (TPSA) is 20.3 Å². The highest BCUT2D eigenvalue weighted by Crippen LogP contribution is 2.34. The molecule has 0 unspecified atom stereocenters. The van der Waals surface area contributed by atoms with E-state index in [9.17, 15) is 4.79 Å². The van der Waals surface area contributed by atoms with Crippen LogP contribution in [0.15, 0.2) is 0 Å². The molecular formula is C15H29NO. The third-order valence-corrected chi connectivity index (χ3v) is 3.54. The monoisotopic (exact) mass is 239 g/mol. The molecule has 2 heteroatoms. The van der Waals surface area contributed by atoms with Gasteiger partial charge in [-0.3, -0.25) is 4.79 Å². The highest BCUT2D eigenvalue weighted by Gasteiger charge is 2.36. The van der Waals surface area contributed by atoms with E-state index in [0.29, 0.717) is 11.8 Å². The van der Waals surface area contributed by atoms with Gasteiger partial charge in [0.25, 0.3) is 0 Å². The number of hydrogen-bond acceptors (Lipinski definition) is 1. The van der Waals surface area contributed by atoms with Gasteiger partial charge in [0.2, 0.25) is 5.91 Å². The van der Waals surface area contributed by atoms with E-state index in [1.54, 1.807) is 0 Å². The molecule has 0 spiro atoms. The van der Waals surface area contributed by atoms with Crippen LogP contribution in [0.25, 0.3) is 0 Å². The Labute approximate surface area is 107 Å². The summed E-state index contributed by atoms with van der Waals surface area (Å²) in [6.45, 7) is 13.9. The van der Waals surface area contributed by atoms with Crippen LogP contribution in [0.5, 0.6) is 0 Å². The zero-order valence-corrected chi connectivity index (χ0v) is 12.4. The van der Waals surface area contributed by atoms with Gasteiger partial charge in [0.05, 0.1) is 0 Å². The minimum absolute atomic E-state index is 0.00188. The molecule has 17 heavy (non-hydrogen) atoms. The van der Waals surface area contributed by atoms with E-state index in [4.69, 9.17) is 0 Å². The van der Waals surface area contributed by atoms with Crippen LogP contribution in [0.2, 0.25) is 0 Å². The maximum absolute atomic E-state index is 12.4. The Kier molecular flexibility index (Phi) is 4.62. The van der Waals surface area contributed by atoms with Crippen LogP contribution in [-0.4, -0.2) is 22.9 Å². The fourth-order valence-electron chi connectivity index (χ4n) is 2.61. The summed E-state index contributed by atoms with van der Waals surface area (Å²) in [5, 5.41) is 0. The standard InChI is InChI=1S/C15H29NO/c1-11(2)9-15(5,6)16(10-13-7-8-13)14(17)12(3)4/h11-13H,7-10H2,1-6H3. The van der Waals surface area contributed by atoms with Gasteiger partial charge in [0, 0.05) is 18.0 Å². The molecule has 1 amide bonds. The minimum Gasteiger partial charge on any atom is -0.337 e. The zero-order chi connectivity index (χ0) is 13.2. The Hall–Kier alpha value is -0.530. The number of amides is 1. The van der Waals surface area contributed by atoms with Gasteiger partial charge in [-0.25, -0.2) is 0 Å². The molecule has 1 rings (SSSR count). The van der Waals surface area contributed by atoms with E-state index in [2.05, 4.69) is 32.6 Å². The summed E-state index contributed by atoms with van der Waals surface area (Å²) in [6, 6.07) is 0. The first-order valence-corrected chi connectivity index (χ1v) is 7.05. The van der Waals surface area contributed by atoms with Gasteiger partial charge in [-0.2, -0.15) is 0 Å².